The van der Waals surface area contributed by atoms with Gasteiger partial charge in [-0.15, -0.1) is 0 Å². The molecule has 3 rings (SSSR count). The highest BCUT2D eigenvalue weighted by atomic mass is 16.5. The Morgan fingerprint density at radius 2 is 2.00 bits per heavy atom. The van der Waals surface area contributed by atoms with E-state index in [-0.39, 0.29) is 12.0 Å². The first kappa shape index (κ1) is 16.6. The molecule has 1 amide bonds. The van der Waals surface area contributed by atoms with Gasteiger partial charge in [0.25, 0.3) is 5.91 Å². The van der Waals surface area contributed by atoms with Gasteiger partial charge in [-0.3, -0.25) is 9.48 Å². The zero-order valence-corrected chi connectivity index (χ0v) is 14.5. The largest absolute Gasteiger partial charge is 0.369 e. The second-order valence-corrected chi connectivity index (χ2v) is 5.87. The summed E-state index contributed by atoms with van der Waals surface area (Å²) < 4.78 is 7.29. The highest BCUT2D eigenvalue weighted by molar-refractivity contribution is 5.87. The molecule has 1 atom stereocenters. The van der Waals surface area contributed by atoms with E-state index in [4.69, 9.17) is 4.74 Å². The zero-order chi connectivity index (χ0) is 17.1. The molecular weight excluding hydrogens is 308 g/mol. The number of aryl methyl sites for hydroxylation is 1. The number of amides is 1. The van der Waals surface area contributed by atoms with Crippen molar-refractivity contribution in [1.82, 2.24) is 24.6 Å². The molecule has 8 nitrogen and oxygen atoms in total. The number of carbonyl (C=O) groups excluding carboxylic acids is 1. The molecule has 0 saturated carbocycles. The molecule has 0 aliphatic carbocycles. The van der Waals surface area contributed by atoms with Gasteiger partial charge in [0.1, 0.15) is 18.2 Å². The smallest absolute Gasteiger partial charge is 0.251 e. The van der Waals surface area contributed by atoms with Crippen LogP contribution in [-0.2, 0) is 16.6 Å². The number of aromatic nitrogens is 4. The van der Waals surface area contributed by atoms with Crippen LogP contribution < -0.4 is 4.90 Å². The lowest BCUT2D eigenvalue weighted by Gasteiger charge is -2.36. The van der Waals surface area contributed by atoms with Crippen LogP contribution in [0.15, 0.2) is 12.5 Å². The summed E-state index contributed by atoms with van der Waals surface area (Å²) in [6, 6.07) is 0. The number of carbonyl (C=O) groups is 1. The van der Waals surface area contributed by atoms with Crippen LogP contribution in [0.5, 0.6) is 0 Å². The van der Waals surface area contributed by atoms with Crippen molar-refractivity contribution in [3.05, 3.63) is 12.5 Å². The fourth-order valence-electron chi connectivity index (χ4n) is 3.11. The van der Waals surface area contributed by atoms with Gasteiger partial charge in [-0.25, -0.2) is 9.97 Å². The molecule has 24 heavy (non-hydrogen) atoms. The summed E-state index contributed by atoms with van der Waals surface area (Å²) in [4.78, 5) is 25.3. The predicted octanol–water partition coefficient (Wildman–Crippen LogP) is 0.827. The van der Waals surface area contributed by atoms with Crippen LogP contribution in [0.25, 0.3) is 11.0 Å². The first-order valence-electron chi connectivity index (χ1n) is 8.43. The van der Waals surface area contributed by atoms with E-state index in [1.165, 1.54) is 0 Å². The molecule has 3 heterocycles. The monoisotopic (exact) mass is 332 g/mol. The highest BCUT2D eigenvalue weighted by Gasteiger charge is 2.28. The van der Waals surface area contributed by atoms with Gasteiger partial charge in [-0.2, -0.15) is 5.10 Å². The summed E-state index contributed by atoms with van der Waals surface area (Å²) in [5.41, 5.74) is 0.820. The molecule has 0 radical (unpaired) electrons. The van der Waals surface area contributed by atoms with E-state index in [2.05, 4.69) is 20.0 Å². The lowest BCUT2D eigenvalue weighted by molar-refractivity contribution is -0.144. The molecule has 0 spiro atoms. The van der Waals surface area contributed by atoms with Gasteiger partial charge in [0.15, 0.2) is 5.65 Å². The second kappa shape index (κ2) is 7.12. The molecule has 0 aromatic carbocycles. The van der Waals surface area contributed by atoms with Gasteiger partial charge in [0.05, 0.1) is 11.6 Å². The number of fused-ring (bicyclic) bond motifs is 1. The van der Waals surface area contributed by atoms with E-state index in [0.717, 1.165) is 29.9 Å². The lowest BCUT2D eigenvalue weighted by Crippen LogP contribution is -2.52. The van der Waals surface area contributed by atoms with Crippen molar-refractivity contribution < 1.29 is 9.53 Å². The van der Waals surface area contributed by atoms with Crippen LogP contribution in [0.1, 0.15) is 20.3 Å². The van der Waals surface area contributed by atoms with Crippen LogP contribution >= 0.6 is 0 Å². The van der Waals surface area contributed by atoms with E-state index in [0.29, 0.717) is 26.1 Å². The quantitative estimate of drug-likeness (QED) is 0.807. The molecule has 0 N–H and O–H groups in total. The summed E-state index contributed by atoms with van der Waals surface area (Å²) in [5.74, 6) is 0.977. The van der Waals surface area contributed by atoms with Crippen LogP contribution in [0.2, 0.25) is 0 Å². The molecule has 1 fully saturated rings. The molecule has 2 aromatic rings. The number of hydrogen-bond donors (Lipinski definition) is 0. The second-order valence-electron chi connectivity index (χ2n) is 5.87. The van der Waals surface area contributed by atoms with Crippen molar-refractivity contribution in [1.29, 1.82) is 0 Å². The van der Waals surface area contributed by atoms with Gasteiger partial charge in [0.2, 0.25) is 0 Å². The van der Waals surface area contributed by atoms with Gasteiger partial charge in [-0.05, 0) is 13.3 Å². The molecule has 1 aliphatic rings. The molecule has 0 unspecified atom stereocenters. The molecule has 2 aromatic heterocycles. The maximum atomic E-state index is 12.5. The highest BCUT2D eigenvalue weighted by Crippen LogP contribution is 2.23. The predicted molar refractivity (Wildman–Crippen MR) is 90.8 cm³/mol. The maximum Gasteiger partial charge on any atom is 0.251 e. The van der Waals surface area contributed by atoms with Crippen LogP contribution in [-0.4, -0.2) is 69.4 Å². The SMILES string of the molecule is CCO[C@H](CC)C(=O)N1CCN(c2ncnc3c2cnn3C)CC1. The molecule has 1 saturated heterocycles. The summed E-state index contributed by atoms with van der Waals surface area (Å²) in [6.45, 7) is 7.30. The minimum absolute atomic E-state index is 0.0909. The number of ether oxygens (including phenoxy) is 1. The van der Waals surface area contributed by atoms with Crippen LogP contribution in [0.3, 0.4) is 0 Å². The van der Waals surface area contributed by atoms with Crippen molar-refractivity contribution in [3.8, 4) is 0 Å². The van der Waals surface area contributed by atoms with Crippen molar-refractivity contribution in [2.45, 2.75) is 26.4 Å². The first-order valence-corrected chi connectivity index (χ1v) is 8.43. The third-order valence-electron chi connectivity index (χ3n) is 4.41. The summed E-state index contributed by atoms with van der Waals surface area (Å²) in [5, 5.41) is 5.20. The average Bonchev–Trinajstić information content (AvgIpc) is 3.00. The Labute approximate surface area is 141 Å². The fraction of sp³-hybridized carbons (Fsp3) is 0.625. The molecule has 1 aliphatic heterocycles. The lowest BCUT2D eigenvalue weighted by atomic mass is 10.2. The number of hydrogen-bond acceptors (Lipinski definition) is 6. The Morgan fingerprint density at radius 1 is 1.25 bits per heavy atom. The third-order valence-corrected chi connectivity index (χ3v) is 4.41. The van der Waals surface area contributed by atoms with E-state index in [1.807, 2.05) is 25.8 Å². The summed E-state index contributed by atoms with van der Waals surface area (Å²) >= 11 is 0. The van der Waals surface area contributed by atoms with Crippen molar-refractivity contribution in [3.63, 3.8) is 0 Å². The van der Waals surface area contributed by atoms with E-state index in [9.17, 15) is 4.79 Å². The van der Waals surface area contributed by atoms with Crippen molar-refractivity contribution >= 4 is 22.8 Å². The van der Waals surface area contributed by atoms with Crippen LogP contribution in [0, 0.1) is 0 Å². The van der Waals surface area contributed by atoms with Gasteiger partial charge < -0.3 is 14.5 Å². The molecule has 0 bridgehead atoms. The van der Waals surface area contributed by atoms with Crippen molar-refractivity contribution in [2.24, 2.45) is 7.05 Å². The number of piperazine rings is 1. The Balaban J connectivity index is 1.69. The number of nitrogens with zero attached hydrogens (tertiary/aromatic N) is 6. The number of anilines is 1. The fourth-order valence-corrected chi connectivity index (χ4v) is 3.11. The van der Waals surface area contributed by atoms with Crippen LogP contribution in [0.4, 0.5) is 5.82 Å². The minimum Gasteiger partial charge on any atom is -0.369 e. The topological polar surface area (TPSA) is 76.4 Å². The van der Waals surface area contributed by atoms with Gasteiger partial charge in [-0.1, -0.05) is 6.92 Å². The van der Waals surface area contributed by atoms with E-state index in [1.54, 1.807) is 17.2 Å². The van der Waals surface area contributed by atoms with Gasteiger partial charge in [0, 0.05) is 39.8 Å². The molecule has 130 valence electrons. The molecular formula is C16H24N6O2. The Kier molecular flexibility index (Phi) is 4.94. The zero-order valence-electron chi connectivity index (χ0n) is 14.5. The van der Waals surface area contributed by atoms with E-state index >= 15 is 0 Å². The normalized spacial score (nSPS) is 16.6. The minimum atomic E-state index is -0.328. The number of rotatable bonds is 5. The maximum absolute atomic E-state index is 12.5. The third kappa shape index (κ3) is 3.06. The summed E-state index contributed by atoms with van der Waals surface area (Å²) in [6.07, 6.45) is 3.74. The van der Waals surface area contributed by atoms with Crippen molar-refractivity contribution in [2.75, 3.05) is 37.7 Å². The summed E-state index contributed by atoms with van der Waals surface area (Å²) in [7, 11) is 1.87. The first-order chi connectivity index (χ1) is 11.7. The Morgan fingerprint density at radius 3 is 2.67 bits per heavy atom. The van der Waals surface area contributed by atoms with E-state index < -0.39 is 0 Å². The Bertz CT molecular complexity index is 708. The van der Waals surface area contributed by atoms with Gasteiger partial charge >= 0.3 is 0 Å². The average molecular weight is 332 g/mol. The molecule has 8 heteroatoms. The standard InChI is InChI=1S/C16H24N6O2/c1-4-13(24-5-2)16(23)22-8-6-21(7-9-22)15-12-10-19-20(3)14(12)17-11-18-15/h10-11,13H,4-9H2,1-3H3/t13-/m1/s1. The Hall–Kier alpha value is -2.22.